The summed E-state index contributed by atoms with van der Waals surface area (Å²) >= 11 is 3.50. The van der Waals surface area contributed by atoms with Crippen molar-refractivity contribution >= 4 is 15.9 Å². The fraction of sp³-hybridized carbons (Fsp3) is 0.500. The van der Waals surface area contributed by atoms with Crippen LogP contribution in [0.15, 0.2) is 22.7 Å². The average Bonchev–Trinajstić information content (AvgIpc) is 2.23. The molecule has 2 N–H and O–H groups in total. The van der Waals surface area contributed by atoms with Crippen LogP contribution in [0.3, 0.4) is 0 Å². The van der Waals surface area contributed by atoms with Crippen molar-refractivity contribution in [2.24, 2.45) is 11.7 Å². The molecule has 0 unspecified atom stereocenters. The van der Waals surface area contributed by atoms with Crippen LogP contribution in [-0.4, -0.2) is 31.6 Å². The Bertz CT molecular complexity index is 364. The maximum Gasteiger partial charge on any atom is 0.133 e. The number of nitrogens with zero attached hydrogens (tertiary/aromatic N) is 1. The lowest BCUT2D eigenvalue weighted by Gasteiger charge is -2.38. The van der Waals surface area contributed by atoms with Crippen molar-refractivity contribution in [3.8, 4) is 5.75 Å². The highest BCUT2D eigenvalue weighted by Crippen LogP contribution is 2.27. The smallest absolute Gasteiger partial charge is 0.133 e. The number of likely N-dealkylation sites (tertiary alicyclic amines) is 1. The standard InChI is InChI=1S/C12H17BrN2O/c1-16-12-3-2-9(4-11(12)13)6-15-7-10(5-14)8-15/h2-4,10H,5-8,14H2,1H3. The number of nitrogens with two attached hydrogens (primary N) is 1. The largest absolute Gasteiger partial charge is 0.496 e. The summed E-state index contributed by atoms with van der Waals surface area (Å²) in [6, 6.07) is 6.23. The van der Waals surface area contributed by atoms with Crippen LogP contribution < -0.4 is 10.5 Å². The van der Waals surface area contributed by atoms with Crippen LogP contribution in [0.4, 0.5) is 0 Å². The highest BCUT2D eigenvalue weighted by molar-refractivity contribution is 9.10. The molecule has 1 aromatic rings. The van der Waals surface area contributed by atoms with Crippen molar-refractivity contribution in [2.75, 3.05) is 26.7 Å². The third-order valence-electron chi connectivity index (χ3n) is 2.99. The number of rotatable bonds is 4. The molecule has 1 fully saturated rings. The van der Waals surface area contributed by atoms with E-state index in [0.717, 1.165) is 36.4 Å². The van der Waals surface area contributed by atoms with Gasteiger partial charge in [0, 0.05) is 19.6 Å². The van der Waals surface area contributed by atoms with Crippen LogP contribution in [0.2, 0.25) is 0 Å². The average molecular weight is 285 g/mol. The van der Waals surface area contributed by atoms with E-state index >= 15 is 0 Å². The zero-order valence-corrected chi connectivity index (χ0v) is 11.0. The Morgan fingerprint density at radius 1 is 1.50 bits per heavy atom. The minimum atomic E-state index is 0.696. The van der Waals surface area contributed by atoms with Crippen molar-refractivity contribution in [3.05, 3.63) is 28.2 Å². The van der Waals surface area contributed by atoms with E-state index in [1.54, 1.807) is 7.11 Å². The number of benzene rings is 1. The van der Waals surface area contributed by atoms with Crippen LogP contribution in [0.1, 0.15) is 5.56 Å². The summed E-state index contributed by atoms with van der Waals surface area (Å²) in [5.74, 6) is 1.58. The first-order valence-electron chi connectivity index (χ1n) is 5.47. The zero-order chi connectivity index (χ0) is 11.5. The number of halogens is 1. The highest BCUT2D eigenvalue weighted by Gasteiger charge is 2.24. The molecule has 0 spiro atoms. The van der Waals surface area contributed by atoms with E-state index in [1.807, 2.05) is 6.07 Å². The monoisotopic (exact) mass is 284 g/mol. The Hall–Kier alpha value is -0.580. The van der Waals surface area contributed by atoms with E-state index in [1.165, 1.54) is 5.56 Å². The second kappa shape index (κ2) is 5.17. The van der Waals surface area contributed by atoms with E-state index < -0.39 is 0 Å². The SMILES string of the molecule is COc1ccc(CN2CC(CN)C2)cc1Br. The zero-order valence-electron chi connectivity index (χ0n) is 9.45. The van der Waals surface area contributed by atoms with Crippen LogP contribution in [-0.2, 0) is 6.54 Å². The molecular weight excluding hydrogens is 268 g/mol. The van der Waals surface area contributed by atoms with Crippen molar-refractivity contribution in [1.29, 1.82) is 0 Å². The highest BCUT2D eigenvalue weighted by atomic mass is 79.9. The lowest BCUT2D eigenvalue weighted by Crippen LogP contribution is -2.49. The van der Waals surface area contributed by atoms with Gasteiger partial charge in [-0.15, -0.1) is 0 Å². The molecule has 0 amide bonds. The predicted molar refractivity (Wildman–Crippen MR) is 68.5 cm³/mol. The summed E-state index contributed by atoms with van der Waals surface area (Å²) in [6.07, 6.45) is 0. The van der Waals surface area contributed by atoms with Gasteiger partial charge in [-0.1, -0.05) is 6.07 Å². The van der Waals surface area contributed by atoms with Gasteiger partial charge in [-0.2, -0.15) is 0 Å². The van der Waals surface area contributed by atoms with Crippen LogP contribution in [0.5, 0.6) is 5.75 Å². The molecule has 2 rings (SSSR count). The molecule has 1 saturated heterocycles. The molecule has 1 aliphatic rings. The number of ether oxygens (including phenoxy) is 1. The van der Waals surface area contributed by atoms with Crippen molar-refractivity contribution in [2.45, 2.75) is 6.54 Å². The maximum absolute atomic E-state index is 5.60. The molecule has 0 bridgehead atoms. The quantitative estimate of drug-likeness (QED) is 0.917. The lowest BCUT2D eigenvalue weighted by molar-refractivity contribution is 0.0979. The minimum Gasteiger partial charge on any atom is -0.496 e. The van der Waals surface area contributed by atoms with E-state index in [0.29, 0.717) is 5.92 Å². The molecule has 88 valence electrons. The van der Waals surface area contributed by atoms with Gasteiger partial charge < -0.3 is 10.5 Å². The third kappa shape index (κ3) is 2.56. The first kappa shape index (κ1) is 11.9. The Morgan fingerprint density at radius 2 is 2.25 bits per heavy atom. The van der Waals surface area contributed by atoms with Gasteiger partial charge in [-0.3, -0.25) is 4.90 Å². The molecule has 0 atom stereocenters. The Balaban J connectivity index is 1.93. The first-order chi connectivity index (χ1) is 7.72. The van der Waals surface area contributed by atoms with Crippen LogP contribution >= 0.6 is 15.9 Å². The van der Waals surface area contributed by atoms with E-state index in [4.69, 9.17) is 10.5 Å². The van der Waals surface area contributed by atoms with Crippen LogP contribution in [0.25, 0.3) is 0 Å². The fourth-order valence-electron chi connectivity index (χ4n) is 2.02. The van der Waals surface area contributed by atoms with E-state index in [-0.39, 0.29) is 0 Å². The molecule has 3 nitrogen and oxygen atoms in total. The fourth-order valence-corrected chi connectivity index (χ4v) is 2.61. The number of methoxy groups -OCH3 is 1. The number of hydrogen-bond donors (Lipinski definition) is 1. The second-order valence-corrected chi connectivity index (χ2v) is 5.12. The van der Waals surface area contributed by atoms with E-state index in [9.17, 15) is 0 Å². The molecular formula is C12H17BrN2O. The summed E-state index contributed by atoms with van der Waals surface area (Å²) in [6.45, 7) is 4.06. The first-order valence-corrected chi connectivity index (χ1v) is 6.27. The third-order valence-corrected chi connectivity index (χ3v) is 3.61. The van der Waals surface area contributed by atoms with Gasteiger partial charge >= 0.3 is 0 Å². The van der Waals surface area contributed by atoms with Gasteiger partial charge in [-0.25, -0.2) is 0 Å². The Labute approximate surface area is 105 Å². The minimum absolute atomic E-state index is 0.696. The lowest BCUT2D eigenvalue weighted by atomic mass is 10.00. The molecule has 1 heterocycles. The van der Waals surface area contributed by atoms with Crippen molar-refractivity contribution in [3.63, 3.8) is 0 Å². The number of hydrogen-bond acceptors (Lipinski definition) is 3. The van der Waals surface area contributed by atoms with Gasteiger partial charge in [0.1, 0.15) is 5.75 Å². The molecule has 4 heteroatoms. The van der Waals surface area contributed by atoms with Gasteiger partial charge in [0.05, 0.1) is 11.6 Å². The van der Waals surface area contributed by atoms with Crippen molar-refractivity contribution in [1.82, 2.24) is 4.90 Å². The molecule has 0 saturated carbocycles. The summed E-state index contributed by atoms with van der Waals surface area (Å²) in [5.41, 5.74) is 6.91. The molecule has 1 aliphatic heterocycles. The summed E-state index contributed by atoms with van der Waals surface area (Å²) in [7, 11) is 1.68. The molecule has 0 radical (unpaired) electrons. The van der Waals surface area contributed by atoms with E-state index in [2.05, 4.69) is 33.0 Å². The second-order valence-electron chi connectivity index (χ2n) is 4.26. The molecule has 1 aromatic carbocycles. The molecule has 0 aromatic heterocycles. The summed E-state index contributed by atoms with van der Waals surface area (Å²) in [5, 5.41) is 0. The van der Waals surface area contributed by atoms with Gasteiger partial charge in [-0.05, 0) is 46.1 Å². The van der Waals surface area contributed by atoms with Gasteiger partial charge in [0.15, 0.2) is 0 Å². The summed E-state index contributed by atoms with van der Waals surface area (Å²) < 4.78 is 6.22. The predicted octanol–water partition coefficient (Wildman–Crippen LogP) is 1.85. The molecule has 16 heavy (non-hydrogen) atoms. The normalized spacial score (nSPS) is 17.2. The maximum atomic E-state index is 5.60. The summed E-state index contributed by atoms with van der Waals surface area (Å²) in [4.78, 5) is 2.41. The van der Waals surface area contributed by atoms with Gasteiger partial charge in [0.2, 0.25) is 0 Å². The van der Waals surface area contributed by atoms with Crippen molar-refractivity contribution < 1.29 is 4.74 Å². The van der Waals surface area contributed by atoms with Gasteiger partial charge in [0.25, 0.3) is 0 Å². The topological polar surface area (TPSA) is 38.5 Å². The Kier molecular flexibility index (Phi) is 3.84. The Morgan fingerprint density at radius 3 is 2.81 bits per heavy atom. The van der Waals surface area contributed by atoms with Crippen LogP contribution in [0, 0.1) is 5.92 Å². The molecule has 0 aliphatic carbocycles.